The Morgan fingerprint density at radius 2 is 1.62 bits per heavy atom. The summed E-state index contributed by atoms with van der Waals surface area (Å²) >= 11 is 6.14. The van der Waals surface area contributed by atoms with Crippen LogP contribution in [0.1, 0.15) is 45.8 Å². The van der Waals surface area contributed by atoms with Crippen molar-refractivity contribution in [3.05, 3.63) is 142 Å². The second kappa shape index (κ2) is 14.3. The fourth-order valence-corrected chi connectivity index (χ4v) is 9.51. The summed E-state index contributed by atoms with van der Waals surface area (Å²) in [7, 11) is 2.19. The molecule has 0 aromatic heterocycles. The molecule has 50 heavy (non-hydrogen) atoms. The lowest BCUT2D eigenvalue weighted by Crippen LogP contribution is -2.64. The predicted octanol–water partition coefficient (Wildman–Crippen LogP) is 7.18. The molecule has 2 aliphatic carbocycles. The van der Waals surface area contributed by atoms with Gasteiger partial charge in [0.1, 0.15) is 12.2 Å². The van der Waals surface area contributed by atoms with Crippen molar-refractivity contribution in [3.63, 3.8) is 0 Å². The summed E-state index contributed by atoms with van der Waals surface area (Å²) in [6.45, 7) is 8.51. The molecule has 4 aromatic rings. The van der Waals surface area contributed by atoms with E-state index in [4.69, 9.17) is 16.3 Å². The number of ether oxygens (including phenoxy) is 1. The van der Waals surface area contributed by atoms with Gasteiger partial charge in [-0.15, -0.1) is 12.4 Å². The van der Waals surface area contributed by atoms with E-state index in [1.54, 1.807) is 6.07 Å². The number of piperazine rings is 1. The van der Waals surface area contributed by atoms with Crippen LogP contribution in [0.2, 0.25) is 5.02 Å². The Bertz CT molecular complexity index is 1830. The van der Waals surface area contributed by atoms with Gasteiger partial charge in [-0.25, -0.2) is 0 Å². The molecule has 2 N–H and O–H groups in total. The van der Waals surface area contributed by atoms with Crippen LogP contribution < -0.4 is 4.74 Å². The second-order valence-corrected chi connectivity index (χ2v) is 15.0. The molecule has 2 saturated heterocycles. The fraction of sp³-hybridized carbons (Fsp3) is 0.381. The first-order valence-corrected chi connectivity index (χ1v) is 18.1. The summed E-state index contributed by atoms with van der Waals surface area (Å²) in [4.78, 5) is 7.60. The first-order valence-electron chi connectivity index (χ1n) is 17.7. The summed E-state index contributed by atoms with van der Waals surface area (Å²) in [5.41, 5.74) is 7.69. The number of phenolic OH excluding ortho intramolecular Hbond substituents is 1. The maximum atomic E-state index is 10.4. The number of aryl methyl sites for hydroxylation is 1. The minimum atomic E-state index is -0.594. The van der Waals surface area contributed by atoms with Crippen LogP contribution >= 0.6 is 24.0 Å². The highest BCUT2D eigenvalue weighted by Crippen LogP contribution is 2.62. The van der Waals surface area contributed by atoms with Gasteiger partial charge in [0.15, 0.2) is 11.5 Å². The number of phenols is 1. The molecule has 3 heterocycles. The highest BCUT2D eigenvalue weighted by Gasteiger charge is 2.64. The SMILES string of the molecule is CN1CC[C@]23c4c5ccc(O)c4O[C@H]2[C@@H](O)C=C[C@H]3[C@H]1C5.Cc1cccc(CN2CCN(C(c3ccccc3)c3ccc(Cl)cc3)CC2)c1.Cl. The first-order chi connectivity index (χ1) is 23.8. The van der Waals surface area contributed by atoms with Gasteiger partial charge < -0.3 is 19.8 Å². The van der Waals surface area contributed by atoms with Crippen molar-refractivity contribution >= 4 is 24.0 Å². The number of piperidine rings is 1. The average molecular weight is 713 g/mol. The zero-order valence-electron chi connectivity index (χ0n) is 28.8. The normalized spacial score (nSPS) is 27.3. The van der Waals surface area contributed by atoms with Gasteiger partial charge in [0.25, 0.3) is 0 Å². The highest BCUT2D eigenvalue weighted by atomic mass is 35.5. The third-order valence-electron chi connectivity index (χ3n) is 11.7. The molecule has 8 heteroatoms. The number of rotatable bonds is 5. The van der Waals surface area contributed by atoms with Gasteiger partial charge in [0.05, 0.1) is 6.04 Å². The molecule has 0 saturated carbocycles. The molecule has 5 aliphatic rings. The zero-order valence-corrected chi connectivity index (χ0v) is 30.4. The molecule has 0 radical (unpaired) electrons. The van der Waals surface area contributed by atoms with Crippen molar-refractivity contribution in [2.75, 3.05) is 39.8 Å². The predicted molar refractivity (Wildman–Crippen MR) is 203 cm³/mol. The van der Waals surface area contributed by atoms with Crippen LogP contribution in [0.15, 0.2) is 103 Å². The van der Waals surface area contributed by atoms with E-state index in [1.807, 2.05) is 24.3 Å². The molecular formula is C42H47Cl2N3O3. The number of hydrogen-bond donors (Lipinski definition) is 2. The van der Waals surface area contributed by atoms with E-state index in [0.29, 0.717) is 17.7 Å². The van der Waals surface area contributed by atoms with Crippen LogP contribution in [0, 0.1) is 12.8 Å². The lowest BCUT2D eigenvalue weighted by Gasteiger charge is -2.56. The Hall–Kier alpha value is -3.36. The minimum absolute atomic E-state index is 0. The van der Waals surface area contributed by atoms with Gasteiger partial charge in [0.2, 0.25) is 0 Å². The number of likely N-dealkylation sites (tertiary alicyclic amines) is 1. The summed E-state index contributed by atoms with van der Waals surface area (Å²) in [5.74, 6) is 1.19. The van der Waals surface area contributed by atoms with E-state index in [1.165, 1.54) is 33.4 Å². The molecule has 1 unspecified atom stereocenters. The third-order valence-corrected chi connectivity index (χ3v) is 12.0. The summed E-state index contributed by atoms with van der Waals surface area (Å²) in [6.07, 6.45) is 5.18. The van der Waals surface area contributed by atoms with Crippen LogP contribution in [0.25, 0.3) is 0 Å². The van der Waals surface area contributed by atoms with Crippen molar-refractivity contribution in [3.8, 4) is 11.5 Å². The molecule has 4 aromatic carbocycles. The number of hydrogen-bond acceptors (Lipinski definition) is 6. The maximum Gasteiger partial charge on any atom is 0.165 e. The Morgan fingerprint density at radius 3 is 2.36 bits per heavy atom. The van der Waals surface area contributed by atoms with Crippen molar-refractivity contribution in [1.82, 2.24) is 14.7 Å². The van der Waals surface area contributed by atoms with Crippen molar-refractivity contribution in [2.45, 2.75) is 56.0 Å². The van der Waals surface area contributed by atoms with Crippen LogP contribution in [0.3, 0.4) is 0 Å². The Balaban J connectivity index is 0.000000159. The van der Waals surface area contributed by atoms with Crippen LogP contribution in [-0.4, -0.2) is 82.9 Å². The molecule has 6 atom stereocenters. The summed E-state index contributed by atoms with van der Waals surface area (Å²) in [6, 6.07) is 32.5. The molecule has 2 fully saturated rings. The molecular weight excluding hydrogens is 665 g/mol. The standard InChI is InChI=1S/C25H27ClN2.C17H19NO3.ClH/c1-20-6-5-7-21(18-20)19-27-14-16-28(17-15-27)25(22-8-3-2-4-9-22)23-10-12-24(26)13-11-23;1-18-7-6-17-10-3-5-13(20)16(17)21-15-12(19)4-2-9(14(15)17)8-11(10)18;/h2-13,18,25H,14-17,19H2,1H3;2-5,10-11,13,16,19-20H,6-8H2,1H3;1H/t;10-,11+,13-,16-,17-;/m.0./s1. The van der Waals surface area contributed by atoms with Crippen molar-refractivity contribution in [1.29, 1.82) is 0 Å². The number of likely N-dealkylation sites (N-methyl/N-ethyl adjacent to an activating group) is 1. The van der Waals surface area contributed by atoms with Crippen molar-refractivity contribution < 1.29 is 14.9 Å². The minimum Gasteiger partial charge on any atom is -0.504 e. The van der Waals surface area contributed by atoms with Gasteiger partial charge in [-0.2, -0.15) is 0 Å². The van der Waals surface area contributed by atoms with Gasteiger partial charge in [-0.1, -0.05) is 102 Å². The highest BCUT2D eigenvalue weighted by molar-refractivity contribution is 6.30. The van der Waals surface area contributed by atoms with Crippen LogP contribution in [0.5, 0.6) is 11.5 Å². The number of aliphatic hydroxyl groups excluding tert-OH is 1. The van der Waals surface area contributed by atoms with Crippen LogP contribution in [-0.2, 0) is 18.4 Å². The van der Waals surface area contributed by atoms with E-state index in [0.717, 1.165) is 57.1 Å². The number of aliphatic hydroxyl groups is 1. The van der Waals surface area contributed by atoms with E-state index in [9.17, 15) is 10.2 Å². The first kappa shape index (κ1) is 35.1. The Labute approximate surface area is 307 Å². The Kier molecular flexibility index (Phi) is 10.1. The molecule has 0 amide bonds. The number of benzene rings is 4. The summed E-state index contributed by atoms with van der Waals surface area (Å²) < 4.78 is 6.09. The second-order valence-electron chi connectivity index (χ2n) is 14.6. The number of nitrogens with zero attached hydrogens (tertiary/aromatic N) is 3. The zero-order chi connectivity index (χ0) is 33.7. The quantitative estimate of drug-likeness (QED) is 0.214. The smallest absolute Gasteiger partial charge is 0.165 e. The number of aromatic hydroxyl groups is 1. The van der Waals surface area contributed by atoms with Crippen LogP contribution in [0.4, 0.5) is 0 Å². The molecule has 6 nitrogen and oxygen atoms in total. The van der Waals surface area contributed by atoms with Crippen molar-refractivity contribution in [2.24, 2.45) is 5.92 Å². The van der Waals surface area contributed by atoms with E-state index in [2.05, 4.69) is 101 Å². The molecule has 2 bridgehead atoms. The maximum absolute atomic E-state index is 10.4. The molecule has 9 rings (SSSR count). The van der Waals surface area contributed by atoms with Gasteiger partial charge in [-0.05, 0) is 73.8 Å². The third kappa shape index (κ3) is 6.25. The summed E-state index contributed by atoms with van der Waals surface area (Å²) in [5, 5.41) is 21.4. The molecule has 1 spiro atoms. The van der Waals surface area contributed by atoms with Gasteiger partial charge >= 0.3 is 0 Å². The van der Waals surface area contributed by atoms with Gasteiger partial charge in [0, 0.05) is 60.7 Å². The van der Waals surface area contributed by atoms with E-state index >= 15 is 0 Å². The Morgan fingerprint density at radius 1 is 0.880 bits per heavy atom. The topological polar surface area (TPSA) is 59.4 Å². The monoisotopic (exact) mass is 711 g/mol. The van der Waals surface area contributed by atoms with E-state index in [-0.39, 0.29) is 35.7 Å². The molecule has 262 valence electrons. The largest absolute Gasteiger partial charge is 0.504 e. The lowest BCUT2D eigenvalue weighted by molar-refractivity contribution is -0.0453. The average Bonchev–Trinajstić information content (AvgIpc) is 3.47. The van der Waals surface area contributed by atoms with Gasteiger partial charge in [-0.3, -0.25) is 9.80 Å². The molecule has 3 aliphatic heterocycles. The number of halogens is 2. The van der Waals surface area contributed by atoms with E-state index < -0.39 is 6.10 Å². The lowest BCUT2D eigenvalue weighted by atomic mass is 9.53. The fourth-order valence-electron chi connectivity index (χ4n) is 9.38.